The first-order valence-electron chi connectivity index (χ1n) is 9.91. The number of H-pyrrole nitrogens is 1. The average molecular weight is 392 g/mol. The number of halogens is 2. The molecule has 1 aromatic carbocycles. The van der Waals surface area contributed by atoms with Gasteiger partial charge in [0.25, 0.3) is 0 Å². The number of amides is 2. The quantitative estimate of drug-likeness (QED) is 0.828. The first-order chi connectivity index (χ1) is 13.5. The van der Waals surface area contributed by atoms with Crippen molar-refractivity contribution in [3.05, 3.63) is 23.9 Å². The van der Waals surface area contributed by atoms with Crippen molar-refractivity contribution in [3.63, 3.8) is 0 Å². The van der Waals surface area contributed by atoms with Crippen molar-refractivity contribution < 1.29 is 18.3 Å². The molecule has 0 atom stereocenters. The van der Waals surface area contributed by atoms with Crippen LogP contribution < -0.4 is 10.1 Å². The number of methoxy groups -OCH3 is 1. The van der Waals surface area contributed by atoms with Crippen molar-refractivity contribution in [1.82, 2.24) is 20.4 Å². The standard InChI is InChI=1S/C20H26F2N4O2/c1-28-16-4-2-3-15-17(24-25-18(15)16)13-7-11-26(12-8-13)19(27)23-14-5-9-20(21,22)10-6-14/h2-4,13-14H,5-12H2,1H3,(H,23,27)(H,24,25). The second-order valence-corrected chi connectivity index (χ2v) is 7.83. The number of para-hydroxylation sites is 1. The lowest BCUT2D eigenvalue weighted by molar-refractivity contribution is -0.0398. The van der Waals surface area contributed by atoms with Crippen molar-refractivity contribution >= 4 is 16.9 Å². The molecule has 0 radical (unpaired) electrons. The van der Waals surface area contributed by atoms with E-state index in [0.717, 1.165) is 35.2 Å². The van der Waals surface area contributed by atoms with E-state index in [2.05, 4.69) is 15.5 Å². The summed E-state index contributed by atoms with van der Waals surface area (Å²) in [6, 6.07) is 5.60. The lowest BCUT2D eigenvalue weighted by Gasteiger charge is -2.34. The van der Waals surface area contributed by atoms with E-state index in [1.54, 1.807) is 12.0 Å². The van der Waals surface area contributed by atoms with Crippen LogP contribution in [0, 0.1) is 0 Å². The van der Waals surface area contributed by atoms with Gasteiger partial charge in [0.2, 0.25) is 5.92 Å². The molecule has 0 bridgehead atoms. The van der Waals surface area contributed by atoms with Crippen LogP contribution in [0.2, 0.25) is 0 Å². The van der Waals surface area contributed by atoms with E-state index < -0.39 is 5.92 Å². The minimum Gasteiger partial charge on any atom is -0.494 e. The first kappa shape index (κ1) is 19.0. The summed E-state index contributed by atoms with van der Waals surface area (Å²) in [6.45, 7) is 1.29. The molecular formula is C20H26F2N4O2. The molecule has 2 N–H and O–H groups in total. The lowest BCUT2D eigenvalue weighted by atomic mass is 9.91. The number of aromatic amines is 1. The third-order valence-corrected chi connectivity index (χ3v) is 6.03. The fraction of sp³-hybridized carbons (Fsp3) is 0.600. The number of benzene rings is 1. The van der Waals surface area contributed by atoms with E-state index in [0.29, 0.717) is 31.8 Å². The van der Waals surface area contributed by atoms with Crippen LogP contribution in [0.15, 0.2) is 18.2 Å². The van der Waals surface area contributed by atoms with E-state index in [1.165, 1.54) is 0 Å². The topological polar surface area (TPSA) is 70.2 Å². The maximum atomic E-state index is 13.3. The summed E-state index contributed by atoms with van der Waals surface area (Å²) in [7, 11) is 1.63. The Hall–Kier alpha value is -2.38. The number of piperidine rings is 1. The number of alkyl halides is 2. The van der Waals surface area contributed by atoms with Gasteiger partial charge in [0.05, 0.1) is 7.11 Å². The second-order valence-electron chi connectivity index (χ2n) is 7.83. The number of hydrogen-bond donors (Lipinski definition) is 2. The highest BCUT2D eigenvalue weighted by molar-refractivity contribution is 5.87. The van der Waals surface area contributed by atoms with Gasteiger partial charge in [0.15, 0.2) is 0 Å². The third-order valence-electron chi connectivity index (χ3n) is 6.03. The fourth-order valence-electron chi connectivity index (χ4n) is 4.33. The Labute approximate surface area is 162 Å². The van der Waals surface area contributed by atoms with Crippen molar-refractivity contribution in [2.75, 3.05) is 20.2 Å². The van der Waals surface area contributed by atoms with Gasteiger partial charge < -0.3 is 15.0 Å². The monoisotopic (exact) mass is 392 g/mol. The van der Waals surface area contributed by atoms with Crippen LogP contribution in [-0.2, 0) is 0 Å². The van der Waals surface area contributed by atoms with Gasteiger partial charge in [-0.2, -0.15) is 5.10 Å². The summed E-state index contributed by atoms with van der Waals surface area (Å²) >= 11 is 0. The molecule has 1 aromatic heterocycles. The molecule has 4 rings (SSSR count). The summed E-state index contributed by atoms with van der Waals surface area (Å²) in [5.41, 5.74) is 1.91. The van der Waals surface area contributed by atoms with Crippen LogP contribution >= 0.6 is 0 Å². The molecule has 2 aliphatic rings. The minimum absolute atomic E-state index is 0.134. The molecule has 2 amide bonds. The Morgan fingerprint density at radius 3 is 2.64 bits per heavy atom. The molecule has 6 nitrogen and oxygen atoms in total. The van der Waals surface area contributed by atoms with Crippen molar-refractivity contribution in [2.45, 2.75) is 56.4 Å². The number of ether oxygens (including phenoxy) is 1. The molecule has 8 heteroatoms. The predicted octanol–water partition coefficient (Wildman–Crippen LogP) is 4.04. The van der Waals surface area contributed by atoms with Gasteiger partial charge in [-0.05, 0) is 31.7 Å². The molecule has 1 saturated carbocycles. The number of fused-ring (bicyclic) bond motifs is 1. The Balaban J connectivity index is 1.34. The fourth-order valence-corrected chi connectivity index (χ4v) is 4.33. The normalized spacial score (nSPS) is 21.0. The smallest absolute Gasteiger partial charge is 0.317 e. The Morgan fingerprint density at radius 1 is 1.25 bits per heavy atom. The summed E-state index contributed by atoms with van der Waals surface area (Å²) in [5, 5.41) is 11.6. The van der Waals surface area contributed by atoms with E-state index >= 15 is 0 Å². The first-order valence-corrected chi connectivity index (χ1v) is 9.91. The van der Waals surface area contributed by atoms with Gasteiger partial charge >= 0.3 is 6.03 Å². The number of urea groups is 1. The summed E-state index contributed by atoms with van der Waals surface area (Å²) in [5.74, 6) is -1.53. The van der Waals surface area contributed by atoms with Gasteiger partial charge in [0, 0.05) is 49.0 Å². The molecule has 2 aromatic rings. The highest BCUT2D eigenvalue weighted by Crippen LogP contribution is 2.35. The maximum absolute atomic E-state index is 13.3. The molecule has 0 unspecified atom stereocenters. The number of carbonyl (C=O) groups excluding carboxylic acids is 1. The zero-order valence-corrected chi connectivity index (χ0v) is 16.0. The van der Waals surface area contributed by atoms with E-state index in [9.17, 15) is 13.6 Å². The number of carbonyl (C=O) groups is 1. The predicted molar refractivity (Wildman–Crippen MR) is 102 cm³/mol. The molecule has 0 spiro atoms. The van der Waals surface area contributed by atoms with Gasteiger partial charge in [-0.25, -0.2) is 13.6 Å². The number of aromatic nitrogens is 2. The molecule has 28 heavy (non-hydrogen) atoms. The number of nitrogens with one attached hydrogen (secondary N) is 2. The third kappa shape index (κ3) is 3.77. The SMILES string of the molecule is COc1cccc2c(C3CCN(C(=O)NC4CCC(F)(F)CC4)CC3)[nH]nc12. The highest BCUT2D eigenvalue weighted by Gasteiger charge is 2.36. The molecule has 1 saturated heterocycles. The van der Waals surface area contributed by atoms with Crippen LogP contribution in [0.25, 0.3) is 10.9 Å². The summed E-state index contributed by atoms with van der Waals surface area (Å²) in [4.78, 5) is 14.3. The Bertz CT molecular complexity index is 836. The van der Waals surface area contributed by atoms with Crippen LogP contribution in [0.5, 0.6) is 5.75 Å². The van der Waals surface area contributed by atoms with Crippen molar-refractivity contribution in [3.8, 4) is 5.75 Å². The van der Waals surface area contributed by atoms with E-state index in [1.807, 2.05) is 18.2 Å². The van der Waals surface area contributed by atoms with E-state index in [-0.39, 0.29) is 24.9 Å². The van der Waals surface area contributed by atoms with Gasteiger partial charge in [-0.3, -0.25) is 5.10 Å². The minimum atomic E-state index is -2.57. The average Bonchev–Trinajstić information content (AvgIpc) is 3.14. The molecule has 2 fully saturated rings. The molecule has 2 heterocycles. The van der Waals surface area contributed by atoms with Gasteiger partial charge in [-0.15, -0.1) is 0 Å². The zero-order valence-electron chi connectivity index (χ0n) is 16.0. The van der Waals surface area contributed by atoms with Crippen molar-refractivity contribution in [1.29, 1.82) is 0 Å². The summed E-state index contributed by atoms with van der Waals surface area (Å²) < 4.78 is 31.9. The molecule has 1 aliphatic heterocycles. The van der Waals surface area contributed by atoms with Crippen molar-refractivity contribution in [2.24, 2.45) is 0 Å². The Kier molecular flexibility index (Phi) is 5.12. The number of hydrogen-bond acceptors (Lipinski definition) is 3. The van der Waals surface area contributed by atoms with Crippen LogP contribution in [0.4, 0.5) is 13.6 Å². The Morgan fingerprint density at radius 2 is 1.96 bits per heavy atom. The highest BCUT2D eigenvalue weighted by atomic mass is 19.3. The van der Waals surface area contributed by atoms with Crippen LogP contribution in [0.3, 0.4) is 0 Å². The van der Waals surface area contributed by atoms with E-state index in [4.69, 9.17) is 4.74 Å². The number of likely N-dealkylation sites (tertiary alicyclic amines) is 1. The second kappa shape index (κ2) is 7.56. The number of nitrogens with zero attached hydrogens (tertiary/aromatic N) is 2. The maximum Gasteiger partial charge on any atom is 0.317 e. The zero-order chi connectivity index (χ0) is 19.7. The van der Waals surface area contributed by atoms with Gasteiger partial charge in [-0.1, -0.05) is 12.1 Å². The molecule has 152 valence electrons. The molecule has 1 aliphatic carbocycles. The van der Waals surface area contributed by atoms with Gasteiger partial charge in [0.1, 0.15) is 11.3 Å². The number of rotatable bonds is 3. The largest absolute Gasteiger partial charge is 0.494 e. The summed E-state index contributed by atoms with van der Waals surface area (Å²) in [6.07, 6.45) is 2.08. The molecular weight excluding hydrogens is 366 g/mol. The lowest BCUT2D eigenvalue weighted by Crippen LogP contribution is -2.49. The van der Waals surface area contributed by atoms with Crippen LogP contribution in [-0.4, -0.2) is 53.3 Å². The van der Waals surface area contributed by atoms with Crippen LogP contribution in [0.1, 0.15) is 50.1 Å².